The minimum atomic E-state index is -0.179. The second kappa shape index (κ2) is 4.96. The Bertz CT molecular complexity index is 762. The summed E-state index contributed by atoms with van der Waals surface area (Å²) in [6.07, 6.45) is 0. The van der Waals surface area contributed by atoms with Crippen LogP contribution >= 0.6 is 0 Å². The number of rotatable bonds is 3. The predicted molar refractivity (Wildman–Crippen MR) is 79.3 cm³/mol. The van der Waals surface area contributed by atoms with E-state index in [4.69, 9.17) is 0 Å². The summed E-state index contributed by atoms with van der Waals surface area (Å²) >= 11 is 0. The van der Waals surface area contributed by atoms with E-state index in [0.29, 0.717) is 12.1 Å². The lowest BCUT2D eigenvalue weighted by molar-refractivity contribution is 0.612. The summed E-state index contributed by atoms with van der Waals surface area (Å²) in [5.41, 5.74) is 4.60. The molecule has 0 spiro atoms. The maximum absolute atomic E-state index is 13.7. The van der Waals surface area contributed by atoms with E-state index in [1.807, 2.05) is 38.1 Å². The molecule has 0 aliphatic heterocycles. The largest absolute Gasteiger partial charge is 0.381 e. The Balaban J connectivity index is 1.80. The lowest BCUT2D eigenvalue weighted by Crippen LogP contribution is -2.02. The molecular formula is C16H16FN3. The van der Waals surface area contributed by atoms with Gasteiger partial charge < -0.3 is 10.3 Å². The summed E-state index contributed by atoms with van der Waals surface area (Å²) in [5, 5.41) is 3.24. The highest BCUT2D eigenvalue weighted by atomic mass is 19.1. The van der Waals surface area contributed by atoms with Crippen LogP contribution in [0.1, 0.15) is 17.0 Å². The van der Waals surface area contributed by atoms with Crippen LogP contribution in [0.15, 0.2) is 36.4 Å². The van der Waals surface area contributed by atoms with Crippen LogP contribution in [0, 0.1) is 19.7 Å². The standard InChI is InChI=1S/C16H16FN3/c1-10-3-5-14(17)12(7-10)9-18-13-4-6-15-16(8-13)20-11(2)19-15/h3-8,18H,9H2,1-2H3,(H,19,20). The Morgan fingerprint density at radius 2 is 2.00 bits per heavy atom. The average Bonchev–Trinajstić information content (AvgIpc) is 2.79. The molecule has 0 aliphatic carbocycles. The molecule has 3 aromatic rings. The van der Waals surface area contributed by atoms with Crippen molar-refractivity contribution < 1.29 is 4.39 Å². The summed E-state index contributed by atoms with van der Waals surface area (Å²) in [6.45, 7) is 4.35. The number of nitrogens with one attached hydrogen (secondary N) is 2. The molecule has 102 valence electrons. The topological polar surface area (TPSA) is 40.7 Å². The van der Waals surface area contributed by atoms with Gasteiger partial charge >= 0.3 is 0 Å². The van der Waals surface area contributed by atoms with Gasteiger partial charge in [0.25, 0.3) is 0 Å². The van der Waals surface area contributed by atoms with Gasteiger partial charge in [0.15, 0.2) is 0 Å². The first-order valence-corrected chi connectivity index (χ1v) is 6.57. The number of fused-ring (bicyclic) bond motifs is 1. The molecule has 2 N–H and O–H groups in total. The van der Waals surface area contributed by atoms with Crippen molar-refractivity contribution in [2.24, 2.45) is 0 Å². The fraction of sp³-hybridized carbons (Fsp3) is 0.188. The summed E-state index contributed by atoms with van der Waals surface area (Å²) in [7, 11) is 0. The number of H-pyrrole nitrogens is 1. The van der Waals surface area contributed by atoms with Crippen LogP contribution in [-0.4, -0.2) is 9.97 Å². The second-order valence-electron chi connectivity index (χ2n) is 5.00. The number of anilines is 1. The van der Waals surface area contributed by atoms with Crippen molar-refractivity contribution >= 4 is 16.7 Å². The quantitative estimate of drug-likeness (QED) is 0.756. The Morgan fingerprint density at radius 1 is 1.15 bits per heavy atom. The molecule has 0 radical (unpaired) electrons. The molecule has 1 heterocycles. The third-order valence-corrected chi connectivity index (χ3v) is 3.28. The van der Waals surface area contributed by atoms with Gasteiger partial charge in [0, 0.05) is 17.8 Å². The maximum atomic E-state index is 13.7. The van der Waals surface area contributed by atoms with E-state index in [2.05, 4.69) is 15.3 Å². The molecule has 0 bridgehead atoms. The van der Waals surface area contributed by atoms with E-state index in [-0.39, 0.29) is 5.82 Å². The lowest BCUT2D eigenvalue weighted by atomic mass is 10.1. The predicted octanol–water partition coefficient (Wildman–Crippen LogP) is 3.93. The monoisotopic (exact) mass is 269 g/mol. The van der Waals surface area contributed by atoms with Crippen molar-refractivity contribution in [2.75, 3.05) is 5.32 Å². The number of hydrogen-bond acceptors (Lipinski definition) is 2. The van der Waals surface area contributed by atoms with Gasteiger partial charge in [-0.3, -0.25) is 0 Å². The van der Waals surface area contributed by atoms with E-state index in [9.17, 15) is 4.39 Å². The molecule has 3 rings (SSSR count). The Hall–Kier alpha value is -2.36. The fourth-order valence-corrected chi connectivity index (χ4v) is 2.28. The van der Waals surface area contributed by atoms with Gasteiger partial charge in [-0.15, -0.1) is 0 Å². The molecule has 0 unspecified atom stereocenters. The van der Waals surface area contributed by atoms with Crippen LogP contribution in [0.5, 0.6) is 0 Å². The first-order valence-electron chi connectivity index (χ1n) is 6.57. The van der Waals surface area contributed by atoms with Crippen LogP contribution in [0.3, 0.4) is 0 Å². The number of nitrogens with zero attached hydrogens (tertiary/aromatic N) is 1. The van der Waals surface area contributed by atoms with E-state index in [1.54, 1.807) is 6.07 Å². The highest BCUT2D eigenvalue weighted by Crippen LogP contribution is 2.18. The zero-order valence-electron chi connectivity index (χ0n) is 11.5. The summed E-state index contributed by atoms with van der Waals surface area (Å²) < 4.78 is 13.7. The number of aryl methyl sites for hydroxylation is 2. The Kier molecular flexibility index (Phi) is 3.14. The molecule has 3 nitrogen and oxygen atoms in total. The normalized spacial score (nSPS) is 10.9. The Labute approximate surface area is 116 Å². The lowest BCUT2D eigenvalue weighted by Gasteiger charge is -2.08. The van der Waals surface area contributed by atoms with Gasteiger partial charge in [0.05, 0.1) is 11.0 Å². The average molecular weight is 269 g/mol. The first-order chi connectivity index (χ1) is 9.61. The molecule has 2 aromatic carbocycles. The molecule has 0 atom stereocenters. The van der Waals surface area contributed by atoms with Crippen LogP contribution in [-0.2, 0) is 6.54 Å². The number of aromatic amines is 1. The first kappa shape index (κ1) is 12.7. The summed E-state index contributed by atoms with van der Waals surface area (Å²) in [4.78, 5) is 7.55. The number of aromatic nitrogens is 2. The number of imidazole rings is 1. The van der Waals surface area contributed by atoms with Crippen LogP contribution in [0.2, 0.25) is 0 Å². The molecule has 0 aliphatic rings. The van der Waals surface area contributed by atoms with Gasteiger partial charge in [0.2, 0.25) is 0 Å². The van der Waals surface area contributed by atoms with E-state index in [0.717, 1.165) is 28.1 Å². The van der Waals surface area contributed by atoms with Crippen LogP contribution in [0.25, 0.3) is 11.0 Å². The number of hydrogen-bond donors (Lipinski definition) is 2. The van der Waals surface area contributed by atoms with Gasteiger partial charge in [-0.25, -0.2) is 9.37 Å². The van der Waals surface area contributed by atoms with Gasteiger partial charge in [-0.1, -0.05) is 17.7 Å². The fourth-order valence-electron chi connectivity index (χ4n) is 2.28. The van der Waals surface area contributed by atoms with E-state index >= 15 is 0 Å². The maximum Gasteiger partial charge on any atom is 0.128 e. The molecule has 0 saturated heterocycles. The van der Waals surface area contributed by atoms with E-state index < -0.39 is 0 Å². The van der Waals surface area contributed by atoms with Crippen molar-refractivity contribution in [3.63, 3.8) is 0 Å². The summed E-state index contributed by atoms with van der Waals surface area (Å²) in [5.74, 6) is 0.712. The van der Waals surface area contributed by atoms with Crippen molar-refractivity contribution in [3.8, 4) is 0 Å². The number of benzene rings is 2. The van der Waals surface area contributed by atoms with Gasteiger partial charge in [0.1, 0.15) is 11.6 Å². The molecule has 0 saturated carbocycles. The second-order valence-corrected chi connectivity index (χ2v) is 5.00. The summed E-state index contributed by atoms with van der Waals surface area (Å²) in [6, 6.07) is 11.0. The van der Waals surface area contributed by atoms with E-state index in [1.165, 1.54) is 6.07 Å². The van der Waals surface area contributed by atoms with Crippen molar-refractivity contribution in [3.05, 3.63) is 59.2 Å². The van der Waals surface area contributed by atoms with Gasteiger partial charge in [-0.05, 0) is 38.1 Å². The van der Waals surface area contributed by atoms with Crippen molar-refractivity contribution in [2.45, 2.75) is 20.4 Å². The third kappa shape index (κ3) is 2.50. The smallest absolute Gasteiger partial charge is 0.128 e. The van der Waals surface area contributed by atoms with Crippen LogP contribution < -0.4 is 5.32 Å². The molecular weight excluding hydrogens is 253 g/mol. The molecule has 0 fully saturated rings. The Morgan fingerprint density at radius 3 is 2.85 bits per heavy atom. The number of halogens is 1. The van der Waals surface area contributed by atoms with Gasteiger partial charge in [-0.2, -0.15) is 0 Å². The zero-order chi connectivity index (χ0) is 14.1. The minimum Gasteiger partial charge on any atom is -0.381 e. The van der Waals surface area contributed by atoms with Crippen LogP contribution in [0.4, 0.5) is 10.1 Å². The third-order valence-electron chi connectivity index (χ3n) is 3.28. The SMILES string of the molecule is Cc1ccc(F)c(CNc2ccc3nc(C)[nH]c3c2)c1. The zero-order valence-corrected chi connectivity index (χ0v) is 11.5. The van der Waals surface area contributed by atoms with Crippen molar-refractivity contribution in [1.82, 2.24) is 9.97 Å². The highest BCUT2D eigenvalue weighted by molar-refractivity contribution is 5.79. The van der Waals surface area contributed by atoms with Crippen molar-refractivity contribution in [1.29, 1.82) is 0 Å². The molecule has 1 aromatic heterocycles. The molecule has 0 amide bonds. The highest BCUT2D eigenvalue weighted by Gasteiger charge is 2.04. The molecule has 4 heteroatoms. The molecule has 20 heavy (non-hydrogen) atoms. The minimum absolute atomic E-state index is 0.179.